The summed E-state index contributed by atoms with van der Waals surface area (Å²) in [5, 5.41) is 19.8. The minimum absolute atomic E-state index is 0.0206. The number of esters is 1. The maximum Gasteiger partial charge on any atom is 0.338 e. The van der Waals surface area contributed by atoms with Crippen LogP contribution in [0.4, 0.5) is 4.79 Å². The number of rotatable bonds is 6. The van der Waals surface area contributed by atoms with Crippen LogP contribution in [-0.4, -0.2) is 55.3 Å². The number of aliphatic hydroxyl groups excluding tert-OH is 2. The van der Waals surface area contributed by atoms with E-state index in [2.05, 4.69) is 13.5 Å². The molecular formula is C27H35NO8S. The molecule has 1 heterocycles. The van der Waals surface area contributed by atoms with E-state index in [-0.39, 0.29) is 35.4 Å². The van der Waals surface area contributed by atoms with Crippen LogP contribution >= 0.6 is 0 Å². The van der Waals surface area contributed by atoms with E-state index in [1.165, 1.54) is 24.3 Å². The van der Waals surface area contributed by atoms with Gasteiger partial charge in [-0.3, -0.25) is 4.79 Å². The van der Waals surface area contributed by atoms with Gasteiger partial charge >= 0.3 is 11.2 Å². The lowest BCUT2D eigenvalue weighted by molar-refractivity contribution is -0.147. The van der Waals surface area contributed by atoms with Crippen LogP contribution in [0, 0.1) is 22.7 Å². The monoisotopic (exact) mass is 533 g/mol. The van der Waals surface area contributed by atoms with Gasteiger partial charge in [0.2, 0.25) is 0 Å². The molecular weight excluding hydrogens is 498 g/mol. The van der Waals surface area contributed by atoms with Crippen LogP contribution in [-0.2, 0) is 19.4 Å². The number of carbonyl (C=O) groups is 2. The Morgan fingerprint density at radius 1 is 1.24 bits per heavy atom. The van der Waals surface area contributed by atoms with Crippen LogP contribution in [0.5, 0.6) is 5.75 Å². The second-order valence-corrected chi connectivity index (χ2v) is 12.8. The number of primary amides is 1. The molecule has 3 aliphatic rings. The zero-order chi connectivity index (χ0) is 27.2. The summed E-state index contributed by atoms with van der Waals surface area (Å²) in [5.41, 5.74) is 5.55. The van der Waals surface area contributed by atoms with E-state index in [4.69, 9.17) is 15.2 Å². The van der Waals surface area contributed by atoms with Gasteiger partial charge in [0.1, 0.15) is 18.5 Å². The van der Waals surface area contributed by atoms with Gasteiger partial charge in [-0.2, -0.15) is 0 Å². The SMILES string of the molecule is C=C1CC[C@H]2[C@@](C)(CCC(O)[C@@]2(C)COc2ccc(S(=O)(=O)C(N)=O)cc2)[C@@H]1C/C=C1/C(=O)OC[C@@H]1O. The first-order valence-corrected chi connectivity index (χ1v) is 14.0. The predicted molar refractivity (Wildman–Crippen MR) is 135 cm³/mol. The topological polar surface area (TPSA) is 153 Å². The summed E-state index contributed by atoms with van der Waals surface area (Å²) < 4.78 is 35.0. The standard InChI is InChI=1S/C27H35NO8S/c1-16-4-11-22-26(2,20(16)10-9-19-21(29)14-35-24(19)31)13-12-23(30)27(22,3)15-36-17-5-7-18(8-6-17)37(33,34)25(28)32/h5-9,20-23,29-30H,1,4,10-15H2,2-3H3,(H2,28,32)/b19-9+/t20-,21+,22+,23?,26+,27+/m1/s1. The molecule has 0 radical (unpaired) electrons. The first-order valence-electron chi connectivity index (χ1n) is 12.5. The summed E-state index contributed by atoms with van der Waals surface area (Å²) in [4.78, 5) is 23.0. The van der Waals surface area contributed by atoms with E-state index in [0.717, 1.165) is 24.8 Å². The van der Waals surface area contributed by atoms with E-state index in [1.807, 2.05) is 6.92 Å². The lowest BCUT2D eigenvalue weighted by Gasteiger charge is -2.60. The number of benzene rings is 1. The van der Waals surface area contributed by atoms with Crippen molar-refractivity contribution in [3.63, 3.8) is 0 Å². The number of fused-ring (bicyclic) bond motifs is 1. The van der Waals surface area contributed by atoms with Gasteiger partial charge in [0.05, 0.1) is 23.2 Å². The van der Waals surface area contributed by atoms with Crippen LogP contribution in [0.3, 0.4) is 0 Å². The lowest BCUT2D eigenvalue weighted by atomic mass is 9.46. The zero-order valence-electron chi connectivity index (χ0n) is 21.2. The number of amides is 1. The molecule has 10 heteroatoms. The highest BCUT2D eigenvalue weighted by atomic mass is 32.2. The first kappa shape index (κ1) is 27.3. The molecule has 1 saturated heterocycles. The van der Waals surface area contributed by atoms with Crippen molar-refractivity contribution in [2.45, 2.75) is 63.1 Å². The molecule has 2 aliphatic carbocycles. The average Bonchev–Trinajstić information content (AvgIpc) is 3.17. The van der Waals surface area contributed by atoms with Gasteiger partial charge in [-0.1, -0.05) is 32.1 Å². The number of ether oxygens (including phenoxy) is 2. The van der Waals surface area contributed by atoms with Gasteiger partial charge in [0.15, 0.2) is 0 Å². The number of hydrogen-bond donors (Lipinski definition) is 3. The Morgan fingerprint density at radius 3 is 2.51 bits per heavy atom. The molecule has 3 fully saturated rings. The van der Waals surface area contributed by atoms with Crippen LogP contribution < -0.4 is 10.5 Å². The van der Waals surface area contributed by atoms with Crippen molar-refractivity contribution in [2.24, 2.45) is 28.4 Å². The molecule has 1 aromatic carbocycles. The van der Waals surface area contributed by atoms with Crippen molar-refractivity contribution < 1.29 is 37.7 Å². The third-order valence-corrected chi connectivity index (χ3v) is 10.3. The fourth-order valence-corrected chi connectivity index (χ4v) is 7.34. The maximum atomic E-state index is 12.0. The van der Waals surface area contributed by atoms with Crippen LogP contribution in [0.2, 0.25) is 0 Å². The first-order chi connectivity index (χ1) is 17.3. The molecule has 0 aromatic heterocycles. The number of sulfone groups is 1. The quantitative estimate of drug-likeness (QED) is 0.287. The molecule has 4 rings (SSSR count). The van der Waals surface area contributed by atoms with Gasteiger partial charge in [0, 0.05) is 5.41 Å². The third kappa shape index (κ3) is 4.82. The molecule has 0 spiro atoms. The summed E-state index contributed by atoms with van der Waals surface area (Å²) in [6.07, 6.45) is 3.80. The van der Waals surface area contributed by atoms with E-state index < -0.39 is 38.7 Å². The number of allylic oxidation sites excluding steroid dienone is 2. The van der Waals surface area contributed by atoms with E-state index >= 15 is 0 Å². The molecule has 202 valence electrons. The lowest BCUT2D eigenvalue weighted by Crippen LogP contribution is -2.58. The Kier molecular flexibility index (Phi) is 7.31. The number of hydrogen-bond acceptors (Lipinski definition) is 8. The van der Waals surface area contributed by atoms with Crippen molar-refractivity contribution in [1.29, 1.82) is 0 Å². The van der Waals surface area contributed by atoms with Crippen molar-refractivity contribution in [3.05, 3.63) is 48.1 Å². The molecule has 0 bridgehead atoms. The molecule has 1 amide bonds. The molecule has 4 N–H and O–H groups in total. The van der Waals surface area contributed by atoms with Gasteiger partial charge in [-0.25, -0.2) is 13.2 Å². The second-order valence-electron chi connectivity index (χ2n) is 11.0. The molecule has 1 unspecified atom stereocenters. The van der Waals surface area contributed by atoms with Crippen molar-refractivity contribution in [1.82, 2.24) is 0 Å². The molecule has 37 heavy (non-hydrogen) atoms. The summed E-state index contributed by atoms with van der Waals surface area (Å²) in [6, 6.07) is 5.49. The van der Waals surface area contributed by atoms with Crippen LogP contribution in [0.15, 0.2) is 53.0 Å². The minimum Gasteiger partial charge on any atom is -0.493 e. The number of cyclic esters (lactones) is 1. The van der Waals surface area contributed by atoms with Gasteiger partial charge in [-0.15, -0.1) is 0 Å². The summed E-state index contributed by atoms with van der Waals surface area (Å²) in [6.45, 7) is 8.75. The Bertz CT molecular complexity index is 1220. The normalized spacial score (nSPS) is 35.2. The van der Waals surface area contributed by atoms with Crippen molar-refractivity contribution in [2.75, 3.05) is 13.2 Å². The third-order valence-electron chi connectivity index (χ3n) is 8.84. The molecule has 1 aromatic rings. The van der Waals surface area contributed by atoms with E-state index in [9.17, 15) is 28.2 Å². The van der Waals surface area contributed by atoms with E-state index in [0.29, 0.717) is 24.2 Å². The minimum atomic E-state index is -4.22. The fraction of sp³-hybridized carbons (Fsp3) is 0.556. The van der Waals surface area contributed by atoms with Crippen molar-refractivity contribution in [3.8, 4) is 5.75 Å². The highest BCUT2D eigenvalue weighted by molar-refractivity contribution is 8.06. The maximum absolute atomic E-state index is 12.0. The predicted octanol–water partition coefficient (Wildman–Crippen LogP) is 2.90. The highest BCUT2D eigenvalue weighted by Gasteiger charge is 2.58. The Hall–Kier alpha value is -2.69. The van der Waals surface area contributed by atoms with Gasteiger partial charge in [-0.05, 0) is 73.6 Å². The smallest absolute Gasteiger partial charge is 0.338 e. The summed E-state index contributed by atoms with van der Waals surface area (Å²) in [7, 11) is -4.22. The Morgan fingerprint density at radius 2 is 1.92 bits per heavy atom. The highest BCUT2D eigenvalue weighted by Crippen LogP contribution is 2.62. The average molecular weight is 534 g/mol. The molecule has 2 saturated carbocycles. The zero-order valence-corrected chi connectivity index (χ0v) is 22.0. The largest absolute Gasteiger partial charge is 0.493 e. The number of aliphatic hydroxyl groups is 2. The van der Waals surface area contributed by atoms with E-state index in [1.54, 1.807) is 6.08 Å². The second kappa shape index (κ2) is 9.89. The number of carbonyl (C=O) groups excluding carboxylic acids is 2. The van der Waals surface area contributed by atoms with Crippen LogP contribution in [0.25, 0.3) is 0 Å². The Labute approximate surface area is 217 Å². The van der Waals surface area contributed by atoms with Gasteiger partial charge in [0.25, 0.3) is 9.84 Å². The summed E-state index contributed by atoms with van der Waals surface area (Å²) in [5.74, 6) is 0.0824. The molecule has 6 atom stereocenters. The van der Waals surface area contributed by atoms with Gasteiger partial charge < -0.3 is 25.4 Å². The fourth-order valence-electron chi connectivity index (χ4n) is 6.61. The van der Waals surface area contributed by atoms with Crippen molar-refractivity contribution >= 4 is 21.0 Å². The Balaban J connectivity index is 1.54. The number of nitrogens with two attached hydrogens (primary N) is 1. The molecule has 1 aliphatic heterocycles. The molecule has 9 nitrogen and oxygen atoms in total. The summed E-state index contributed by atoms with van der Waals surface area (Å²) >= 11 is 0. The van der Waals surface area contributed by atoms with Crippen LogP contribution in [0.1, 0.15) is 46.0 Å².